The molecular formula is C18H13F3N2O5S2. The van der Waals surface area contributed by atoms with E-state index in [1.54, 1.807) is 6.07 Å². The third kappa shape index (κ3) is 3.79. The largest absolute Gasteiger partial charge is 0.534 e. The molecule has 7 nitrogen and oxygen atoms in total. The lowest BCUT2D eigenvalue weighted by molar-refractivity contribution is -0.0499. The van der Waals surface area contributed by atoms with Crippen LogP contribution in [0.5, 0.6) is 11.5 Å². The SMILES string of the molecule is O=C(N[C@H]1CCOc2ccccc21)c1cc2nccc(OS(=O)(=O)C(F)(F)F)c2s1. The van der Waals surface area contributed by atoms with Gasteiger partial charge in [0, 0.05) is 24.2 Å². The van der Waals surface area contributed by atoms with E-state index in [4.69, 9.17) is 4.74 Å². The Kier molecular flexibility index (Phi) is 5.06. The summed E-state index contributed by atoms with van der Waals surface area (Å²) in [6.07, 6.45) is 1.65. The molecule has 3 heterocycles. The molecule has 12 heteroatoms. The van der Waals surface area contributed by atoms with Gasteiger partial charge in [0.15, 0.2) is 5.75 Å². The van der Waals surface area contributed by atoms with Crippen LogP contribution in [0.2, 0.25) is 0 Å². The quantitative estimate of drug-likeness (QED) is 0.472. The van der Waals surface area contributed by atoms with Crippen molar-refractivity contribution in [3.05, 3.63) is 53.0 Å². The molecule has 2 aromatic heterocycles. The van der Waals surface area contributed by atoms with Crippen LogP contribution in [0.4, 0.5) is 13.2 Å². The molecule has 1 aromatic carbocycles. The number of rotatable bonds is 4. The van der Waals surface area contributed by atoms with Gasteiger partial charge in [-0.1, -0.05) is 18.2 Å². The number of alkyl halides is 3. The van der Waals surface area contributed by atoms with Gasteiger partial charge in [-0.3, -0.25) is 9.78 Å². The number of hydrogen-bond acceptors (Lipinski definition) is 7. The number of nitrogens with one attached hydrogen (secondary N) is 1. The zero-order valence-electron chi connectivity index (χ0n) is 15.0. The van der Waals surface area contributed by atoms with Crippen molar-refractivity contribution in [1.82, 2.24) is 10.3 Å². The molecule has 158 valence electrons. The van der Waals surface area contributed by atoms with E-state index in [1.165, 1.54) is 6.07 Å². The summed E-state index contributed by atoms with van der Waals surface area (Å²) in [5.41, 5.74) is -4.61. The van der Waals surface area contributed by atoms with Crippen molar-refractivity contribution in [2.45, 2.75) is 18.0 Å². The number of pyridine rings is 1. The van der Waals surface area contributed by atoms with Gasteiger partial charge in [-0.05, 0) is 12.1 Å². The van der Waals surface area contributed by atoms with Crippen LogP contribution >= 0.6 is 11.3 Å². The molecule has 1 N–H and O–H groups in total. The Balaban J connectivity index is 1.61. The van der Waals surface area contributed by atoms with Gasteiger partial charge in [-0.15, -0.1) is 11.3 Å². The van der Waals surface area contributed by atoms with Crippen LogP contribution in [0.1, 0.15) is 27.7 Å². The molecule has 30 heavy (non-hydrogen) atoms. The lowest BCUT2D eigenvalue weighted by atomic mass is 10.0. The van der Waals surface area contributed by atoms with Crippen LogP contribution in [-0.2, 0) is 10.1 Å². The smallest absolute Gasteiger partial charge is 0.493 e. The van der Waals surface area contributed by atoms with Crippen molar-refractivity contribution >= 4 is 37.6 Å². The zero-order chi connectivity index (χ0) is 21.5. The Hall–Kier alpha value is -2.86. The molecule has 1 aliphatic rings. The Labute approximate surface area is 172 Å². The van der Waals surface area contributed by atoms with Gasteiger partial charge in [0.25, 0.3) is 5.91 Å². The van der Waals surface area contributed by atoms with E-state index in [1.807, 2.05) is 18.2 Å². The van der Waals surface area contributed by atoms with Gasteiger partial charge in [-0.2, -0.15) is 21.6 Å². The lowest BCUT2D eigenvalue weighted by Gasteiger charge is -2.26. The Morgan fingerprint density at radius 2 is 2.03 bits per heavy atom. The normalized spacial score (nSPS) is 16.6. The first kappa shape index (κ1) is 20.4. The third-order valence-electron chi connectivity index (χ3n) is 4.35. The maximum atomic E-state index is 12.7. The van der Waals surface area contributed by atoms with E-state index in [0.717, 1.165) is 29.2 Å². The number of fused-ring (bicyclic) bond motifs is 2. The number of hydrogen-bond donors (Lipinski definition) is 1. The highest BCUT2D eigenvalue weighted by Crippen LogP contribution is 2.36. The molecule has 1 amide bonds. The number of carbonyl (C=O) groups excluding carboxylic acids is 1. The summed E-state index contributed by atoms with van der Waals surface area (Å²) in [4.78, 5) is 16.9. The van der Waals surface area contributed by atoms with Crippen LogP contribution in [0, 0.1) is 0 Å². The number of halogens is 3. The van der Waals surface area contributed by atoms with Gasteiger partial charge in [0.05, 0.1) is 27.7 Å². The maximum Gasteiger partial charge on any atom is 0.534 e. The van der Waals surface area contributed by atoms with Crippen LogP contribution in [0.3, 0.4) is 0 Å². The predicted molar refractivity (Wildman–Crippen MR) is 102 cm³/mol. The maximum absolute atomic E-state index is 12.7. The molecule has 0 saturated carbocycles. The molecule has 4 rings (SSSR count). The summed E-state index contributed by atoms with van der Waals surface area (Å²) in [6, 6.07) is 9.33. The standard InChI is InChI=1S/C18H13F3N2O5S2/c19-18(20,21)30(25,26)28-14-5-7-22-12-9-15(29-16(12)14)17(24)23-11-6-8-27-13-4-2-1-3-10(11)13/h1-5,7,9,11H,6,8H2,(H,23,24)/t11-/m0/s1. The van der Waals surface area contributed by atoms with Crippen LogP contribution < -0.4 is 14.2 Å². The molecule has 0 fully saturated rings. The highest BCUT2D eigenvalue weighted by Gasteiger charge is 2.48. The first-order valence-electron chi connectivity index (χ1n) is 8.57. The predicted octanol–water partition coefficient (Wildman–Crippen LogP) is 3.78. The molecule has 1 atom stereocenters. The zero-order valence-corrected chi connectivity index (χ0v) is 16.6. The summed E-state index contributed by atoms with van der Waals surface area (Å²) >= 11 is 0.791. The Bertz CT molecular complexity index is 1220. The average Bonchev–Trinajstić information content (AvgIpc) is 3.13. The van der Waals surface area contributed by atoms with Gasteiger partial charge in [0.2, 0.25) is 0 Å². The summed E-state index contributed by atoms with van der Waals surface area (Å²) in [5.74, 6) is -0.345. The van der Waals surface area contributed by atoms with E-state index in [9.17, 15) is 26.4 Å². The molecule has 0 unspecified atom stereocenters. The topological polar surface area (TPSA) is 94.6 Å². The summed E-state index contributed by atoms with van der Waals surface area (Å²) < 4.78 is 70.4. The fourth-order valence-corrected chi connectivity index (χ4v) is 4.47. The first-order chi connectivity index (χ1) is 14.2. The molecule has 0 aliphatic carbocycles. The molecule has 0 saturated heterocycles. The van der Waals surface area contributed by atoms with Gasteiger partial charge in [-0.25, -0.2) is 0 Å². The molecule has 3 aromatic rings. The van der Waals surface area contributed by atoms with Crippen molar-refractivity contribution < 1.29 is 35.3 Å². The van der Waals surface area contributed by atoms with Crippen molar-refractivity contribution in [1.29, 1.82) is 0 Å². The highest BCUT2D eigenvalue weighted by molar-refractivity contribution is 7.88. The minimum absolute atomic E-state index is 0.0165. The number of para-hydroxylation sites is 1. The van der Waals surface area contributed by atoms with Gasteiger partial charge >= 0.3 is 15.6 Å². The summed E-state index contributed by atoms with van der Waals surface area (Å²) in [7, 11) is -5.84. The van der Waals surface area contributed by atoms with Gasteiger partial charge < -0.3 is 14.2 Å². The summed E-state index contributed by atoms with van der Waals surface area (Å²) in [5, 5.41) is 2.87. The Morgan fingerprint density at radius 1 is 1.27 bits per heavy atom. The van der Waals surface area contributed by atoms with Crippen molar-refractivity contribution in [2.24, 2.45) is 0 Å². The second-order valence-electron chi connectivity index (χ2n) is 6.32. The number of thiophene rings is 1. The first-order valence-corrected chi connectivity index (χ1v) is 10.8. The lowest BCUT2D eigenvalue weighted by Crippen LogP contribution is -2.31. The second-order valence-corrected chi connectivity index (χ2v) is 8.91. The van der Waals surface area contributed by atoms with Gasteiger partial charge in [0.1, 0.15) is 5.75 Å². The molecule has 0 bridgehead atoms. The number of ether oxygens (including phenoxy) is 1. The highest BCUT2D eigenvalue weighted by atomic mass is 32.2. The minimum Gasteiger partial charge on any atom is -0.493 e. The van der Waals surface area contributed by atoms with E-state index in [-0.39, 0.29) is 21.1 Å². The van der Waals surface area contributed by atoms with E-state index in [0.29, 0.717) is 18.8 Å². The van der Waals surface area contributed by atoms with Crippen LogP contribution in [0.15, 0.2) is 42.6 Å². The van der Waals surface area contributed by atoms with E-state index >= 15 is 0 Å². The number of aromatic nitrogens is 1. The van der Waals surface area contributed by atoms with Crippen LogP contribution in [-0.4, -0.2) is 31.4 Å². The number of amides is 1. The average molecular weight is 458 g/mol. The van der Waals surface area contributed by atoms with Crippen LogP contribution in [0.25, 0.3) is 10.2 Å². The minimum atomic E-state index is -5.84. The fourth-order valence-electron chi connectivity index (χ4n) is 2.98. The molecule has 1 aliphatic heterocycles. The van der Waals surface area contributed by atoms with E-state index < -0.39 is 27.3 Å². The van der Waals surface area contributed by atoms with Crippen molar-refractivity contribution in [3.8, 4) is 11.5 Å². The number of nitrogens with zero attached hydrogens (tertiary/aromatic N) is 1. The summed E-state index contributed by atoms with van der Waals surface area (Å²) in [6.45, 7) is 0.420. The monoisotopic (exact) mass is 458 g/mol. The second kappa shape index (κ2) is 7.43. The Morgan fingerprint density at radius 3 is 2.80 bits per heavy atom. The number of benzene rings is 1. The molecular weight excluding hydrogens is 445 g/mol. The fraction of sp³-hybridized carbons (Fsp3) is 0.222. The van der Waals surface area contributed by atoms with Crippen molar-refractivity contribution in [2.75, 3.05) is 6.61 Å². The van der Waals surface area contributed by atoms with Crippen molar-refractivity contribution in [3.63, 3.8) is 0 Å². The molecule has 0 spiro atoms. The number of carbonyl (C=O) groups is 1. The third-order valence-corrected chi connectivity index (χ3v) is 6.45. The molecule has 0 radical (unpaired) electrons. The van der Waals surface area contributed by atoms with E-state index in [2.05, 4.69) is 14.5 Å².